The molecule has 1 N–H and O–H groups in total. The summed E-state index contributed by atoms with van der Waals surface area (Å²) in [7, 11) is 0. The topological polar surface area (TPSA) is 62.5 Å². The zero-order valence-corrected chi connectivity index (χ0v) is 15.2. The quantitative estimate of drug-likeness (QED) is 0.770. The number of halogens is 1. The van der Waals surface area contributed by atoms with Crippen molar-refractivity contribution in [2.24, 2.45) is 0 Å². The van der Waals surface area contributed by atoms with E-state index in [0.717, 1.165) is 30.7 Å². The number of nitrogens with one attached hydrogen (secondary N) is 1. The van der Waals surface area contributed by atoms with Gasteiger partial charge in [-0.1, -0.05) is 18.2 Å². The molecule has 0 bridgehead atoms. The first-order valence-electron chi connectivity index (χ1n) is 9.18. The Balaban J connectivity index is 1.43. The molecule has 1 unspecified atom stereocenters. The van der Waals surface area contributed by atoms with Gasteiger partial charge in [0.2, 0.25) is 0 Å². The standard InChI is InChI=1S/C20H22FN5O/c1-14-17(11-22-19-8-9-23-26(14)19)20(27)24-16-6-4-10-25(13-16)12-15-5-2-3-7-18(15)21/h2-3,5,7-9,11,16H,4,6,10,12-13H2,1H3,(H,24,27). The van der Waals surface area contributed by atoms with Crippen LogP contribution in [0.15, 0.2) is 42.7 Å². The van der Waals surface area contributed by atoms with E-state index in [9.17, 15) is 9.18 Å². The van der Waals surface area contributed by atoms with Gasteiger partial charge in [0.05, 0.1) is 17.5 Å². The molecule has 0 radical (unpaired) electrons. The monoisotopic (exact) mass is 367 g/mol. The third-order valence-electron chi connectivity index (χ3n) is 5.09. The van der Waals surface area contributed by atoms with Crippen molar-refractivity contribution in [1.82, 2.24) is 24.8 Å². The van der Waals surface area contributed by atoms with Crippen molar-refractivity contribution in [3.05, 3.63) is 65.4 Å². The SMILES string of the molecule is Cc1c(C(=O)NC2CCCN(Cc3ccccc3F)C2)cnc2ccnn12. The summed E-state index contributed by atoms with van der Waals surface area (Å²) in [5.74, 6) is -0.326. The van der Waals surface area contributed by atoms with Crippen molar-refractivity contribution in [2.75, 3.05) is 13.1 Å². The van der Waals surface area contributed by atoms with Gasteiger partial charge in [0.1, 0.15) is 5.82 Å². The second-order valence-corrected chi connectivity index (χ2v) is 7.00. The van der Waals surface area contributed by atoms with Crippen LogP contribution in [-0.2, 0) is 6.54 Å². The Kier molecular flexibility index (Phi) is 4.85. The molecule has 1 atom stereocenters. The Hall–Kier alpha value is -2.80. The van der Waals surface area contributed by atoms with Crippen molar-refractivity contribution >= 4 is 11.6 Å². The third-order valence-corrected chi connectivity index (χ3v) is 5.09. The van der Waals surface area contributed by atoms with Gasteiger partial charge in [-0.3, -0.25) is 9.69 Å². The lowest BCUT2D eigenvalue weighted by Crippen LogP contribution is -2.47. The zero-order chi connectivity index (χ0) is 18.8. The van der Waals surface area contributed by atoms with Crippen LogP contribution in [0.5, 0.6) is 0 Å². The molecule has 1 aromatic carbocycles. The second kappa shape index (κ2) is 7.44. The molecule has 6 nitrogen and oxygen atoms in total. The van der Waals surface area contributed by atoms with Crippen LogP contribution in [0.2, 0.25) is 0 Å². The van der Waals surface area contributed by atoms with Gasteiger partial charge in [0.15, 0.2) is 5.65 Å². The molecule has 1 amide bonds. The summed E-state index contributed by atoms with van der Waals surface area (Å²) < 4.78 is 15.6. The number of rotatable bonds is 4. The van der Waals surface area contributed by atoms with E-state index in [1.54, 1.807) is 29.0 Å². The first-order valence-corrected chi connectivity index (χ1v) is 9.18. The highest BCUT2D eigenvalue weighted by Crippen LogP contribution is 2.17. The predicted octanol–water partition coefficient (Wildman–Crippen LogP) is 2.57. The number of aryl methyl sites for hydroxylation is 1. The van der Waals surface area contributed by atoms with Gasteiger partial charge in [-0.25, -0.2) is 13.9 Å². The van der Waals surface area contributed by atoms with Gasteiger partial charge >= 0.3 is 0 Å². The van der Waals surface area contributed by atoms with E-state index in [4.69, 9.17) is 0 Å². The van der Waals surface area contributed by atoms with E-state index in [2.05, 4.69) is 20.3 Å². The molecule has 3 heterocycles. The van der Waals surface area contributed by atoms with Crippen LogP contribution in [0.3, 0.4) is 0 Å². The summed E-state index contributed by atoms with van der Waals surface area (Å²) in [4.78, 5) is 19.2. The van der Waals surface area contributed by atoms with Gasteiger partial charge in [0.25, 0.3) is 5.91 Å². The van der Waals surface area contributed by atoms with E-state index in [1.165, 1.54) is 6.07 Å². The molecule has 3 aromatic rings. The molecular weight excluding hydrogens is 345 g/mol. The number of carbonyl (C=O) groups is 1. The second-order valence-electron chi connectivity index (χ2n) is 7.00. The molecule has 1 aliphatic heterocycles. The fourth-order valence-electron chi connectivity index (χ4n) is 3.66. The number of amides is 1. The normalized spacial score (nSPS) is 17.9. The van der Waals surface area contributed by atoms with Crippen LogP contribution < -0.4 is 5.32 Å². The number of carbonyl (C=O) groups excluding carboxylic acids is 1. The first kappa shape index (κ1) is 17.6. The Bertz CT molecular complexity index is 970. The Morgan fingerprint density at radius 3 is 3.04 bits per heavy atom. The van der Waals surface area contributed by atoms with Crippen molar-refractivity contribution in [2.45, 2.75) is 32.4 Å². The van der Waals surface area contributed by atoms with Crippen molar-refractivity contribution in [3.63, 3.8) is 0 Å². The largest absolute Gasteiger partial charge is 0.348 e. The van der Waals surface area contributed by atoms with E-state index in [1.807, 2.05) is 19.1 Å². The average Bonchev–Trinajstić information content (AvgIpc) is 3.14. The third kappa shape index (κ3) is 3.68. The molecule has 2 aromatic heterocycles. The van der Waals surface area contributed by atoms with Crippen molar-refractivity contribution in [1.29, 1.82) is 0 Å². The van der Waals surface area contributed by atoms with Gasteiger partial charge < -0.3 is 5.32 Å². The summed E-state index contributed by atoms with van der Waals surface area (Å²) in [5.41, 5.74) is 2.70. The summed E-state index contributed by atoms with van der Waals surface area (Å²) in [6, 6.07) is 8.68. The van der Waals surface area contributed by atoms with Crippen LogP contribution >= 0.6 is 0 Å². The number of nitrogens with zero attached hydrogens (tertiary/aromatic N) is 4. The molecule has 7 heteroatoms. The van der Waals surface area contributed by atoms with Gasteiger partial charge in [0, 0.05) is 37.0 Å². The number of aromatic nitrogens is 3. The molecule has 0 saturated carbocycles. The lowest BCUT2D eigenvalue weighted by Gasteiger charge is -2.33. The molecular formula is C20H22FN5O. The van der Waals surface area contributed by atoms with Crippen LogP contribution in [-0.4, -0.2) is 44.5 Å². The highest BCUT2D eigenvalue weighted by molar-refractivity contribution is 5.95. The fraction of sp³-hybridized carbons (Fsp3) is 0.350. The lowest BCUT2D eigenvalue weighted by molar-refractivity contribution is 0.0898. The zero-order valence-electron chi connectivity index (χ0n) is 15.2. The van der Waals surface area contributed by atoms with Gasteiger partial charge in [-0.15, -0.1) is 0 Å². The maximum absolute atomic E-state index is 13.9. The molecule has 1 fully saturated rings. The molecule has 0 aliphatic carbocycles. The first-order chi connectivity index (χ1) is 13.1. The molecule has 4 rings (SSSR count). The van der Waals surface area contributed by atoms with E-state index in [0.29, 0.717) is 24.2 Å². The van der Waals surface area contributed by atoms with E-state index < -0.39 is 0 Å². The highest BCUT2D eigenvalue weighted by Gasteiger charge is 2.23. The highest BCUT2D eigenvalue weighted by atomic mass is 19.1. The average molecular weight is 367 g/mol. The van der Waals surface area contributed by atoms with Gasteiger partial charge in [-0.2, -0.15) is 5.10 Å². The summed E-state index contributed by atoms with van der Waals surface area (Å²) >= 11 is 0. The minimum Gasteiger partial charge on any atom is -0.348 e. The van der Waals surface area contributed by atoms with E-state index >= 15 is 0 Å². The van der Waals surface area contributed by atoms with Crippen molar-refractivity contribution < 1.29 is 9.18 Å². The molecule has 27 heavy (non-hydrogen) atoms. The maximum atomic E-state index is 13.9. The molecule has 1 aliphatic rings. The number of piperidine rings is 1. The molecule has 0 spiro atoms. The maximum Gasteiger partial charge on any atom is 0.254 e. The van der Waals surface area contributed by atoms with Crippen molar-refractivity contribution in [3.8, 4) is 0 Å². The molecule has 140 valence electrons. The van der Waals surface area contributed by atoms with Crippen LogP contribution in [0.25, 0.3) is 5.65 Å². The smallest absolute Gasteiger partial charge is 0.254 e. The Morgan fingerprint density at radius 2 is 2.19 bits per heavy atom. The van der Waals surface area contributed by atoms with Crippen LogP contribution in [0.1, 0.15) is 34.5 Å². The number of likely N-dealkylation sites (tertiary alicyclic amines) is 1. The van der Waals surface area contributed by atoms with Crippen LogP contribution in [0.4, 0.5) is 4.39 Å². The Morgan fingerprint density at radius 1 is 1.33 bits per heavy atom. The summed E-state index contributed by atoms with van der Waals surface area (Å²) in [6.45, 7) is 4.03. The summed E-state index contributed by atoms with van der Waals surface area (Å²) in [6.07, 6.45) is 5.14. The minimum absolute atomic E-state index is 0.0331. The molecule has 1 saturated heterocycles. The number of fused-ring (bicyclic) bond motifs is 1. The van der Waals surface area contributed by atoms with Gasteiger partial charge in [-0.05, 0) is 32.4 Å². The van der Waals surface area contributed by atoms with Crippen LogP contribution in [0, 0.1) is 12.7 Å². The van der Waals surface area contributed by atoms with E-state index in [-0.39, 0.29) is 17.8 Å². The number of hydrogen-bond acceptors (Lipinski definition) is 4. The number of benzene rings is 1. The summed E-state index contributed by atoms with van der Waals surface area (Å²) in [5, 5.41) is 7.31. The fourth-order valence-corrected chi connectivity index (χ4v) is 3.66. The minimum atomic E-state index is -0.183. The lowest BCUT2D eigenvalue weighted by atomic mass is 10.0. The number of hydrogen-bond donors (Lipinski definition) is 1. The Labute approximate surface area is 157 Å². The predicted molar refractivity (Wildman–Crippen MR) is 99.9 cm³/mol.